The Labute approximate surface area is 144 Å². The van der Waals surface area contributed by atoms with E-state index in [1.807, 2.05) is 48.1 Å². The molecule has 25 heavy (non-hydrogen) atoms. The third kappa shape index (κ3) is 2.54. The summed E-state index contributed by atoms with van der Waals surface area (Å²) in [5.41, 5.74) is 2.51. The van der Waals surface area contributed by atoms with Crippen molar-refractivity contribution in [1.29, 1.82) is 5.26 Å². The van der Waals surface area contributed by atoms with Crippen LogP contribution in [0, 0.1) is 11.3 Å². The van der Waals surface area contributed by atoms with E-state index in [2.05, 4.69) is 0 Å². The molecule has 2 aromatic carbocycles. The van der Waals surface area contributed by atoms with Gasteiger partial charge in [-0.15, -0.1) is 0 Å². The van der Waals surface area contributed by atoms with E-state index in [0.717, 1.165) is 16.5 Å². The van der Waals surface area contributed by atoms with Crippen molar-refractivity contribution in [2.75, 3.05) is 6.61 Å². The van der Waals surface area contributed by atoms with Crippen molar-refractivity contribution in [2.45, 2.75) is 0 Å². The highest BCUT2D eigenvalue weighted by atomic mass is 16.5. The van der Waals surface area contributed by atoms with Crippen LogP contribution in [0.2, 0.25) is 0 Å². The number of ketones is 1. The van der Waals surface area contributed by atoms with Crippen molar-refractivity contribution in [2.24, 2.45) is 7.05 Å². The van der Waals surface area contributed by atoms with Gasteiger partial charge in [0.25, 0.3) is 0 Å². The Morgan fingerprint density at radius 2 is 2.12 bits per heavy atom. The molecule has 0 radical (unpaired) electrons. The second kappa shape index (κ2) is 5.84. The molecule has 4 rings (SSSR count). The van der Waals surface area contributed by atoms with Gasteiger partial charge >= 0.3 is 0 Å². The summed E-state index contributed by atoms with van der Waals surface area (Å²) in [5.74, 6) is 1.07. The number of fused-ring (bicyclic) bond motifs is 2. The van der Waals surface area contributed by atoms with Crippen LogP contribution in [0.5, 0.6) is 11.5 Å². The number of para-hydroxylation sites is 1. The van der Waals surface area contributed by atoms with Gasteiger partial charge in [0, 0.05) is 35.8 Å². The molecule has 0 fully saturated rings. The largest absolute Gasteiger partial charge is 0.479 e. The van der Waals surface area contributed by atoms with Crippen LogP contribution in [-0.2, 0) is 7.05 Å². The number of ether oxygens (including phenoxy) is 2. The normalized spacial score (nSPS) is 14.4. The van der Waals surface area contributed by atoms with Crippen LogP contribution in [0.25, 0.3) is 17.0 Å². The van der Waals surface area contributed by atoms with E-state index in [4.69, 9.17) is 14.7 Å². The number of benzene rings is 2. The standard InChI is InChI=1S/C20H14N2O3/c1-22-12-13(15-4-2-3-5-17(15)22)10-19-20(23)16-7-6-14(24-9-8-21)11-18(16)25-19/h2-7,10-12H,9H2,1H3. The Balaban J connectivity index is 1.71. The van der Waals surface area contributed by atoms with E-state index in [0.29, 0.717) is 17.1 Å². The Hall–Kier alpha value is -3.52. The molecular formula is C20H14N2O3. The van der Waals surface area contributed by atoms with Crippen LogP contribution in [0.4, 0.5) is 0 Å². The van der Waals surface area contributed by atoms with Gasteiger partial charge in [-0.3, -0.25) is 4.79 Å². The zero-order valence-corrected chi connectivity index (χ0v) is 13.5. The van der Waals surface area contributed by atoms with Gasteiger partial charge in [0.05, 0.1) is 5.56 Å². The van der Waals surface area contributed by atoms with Gasteiger partial charge in [-0.2, -0.15) is 5.26 Å². The molecule has 0 saturated carbocycles. The van der Waals surface area contributed by atoms with Crippen molar-refractivity contribution >= 4 is 22.8 Å². The fraction of sp³-hybridized carbons (Fsp3) is 0.100. The van der Waals surface area contributed by atoms with Gasteiger partial charge in [0.2, 0.25) is 5.78 Å². The molecule has 5 nitrogen and oxygen atoms in total. The van der Waals surface area contributed by atoms with Crippen molar-refractivity contribution in [1.82, 2.24) is 4.57 Å². The Morgan fingerprint density at radius 1 is 1.28 bits per heavy atom. The zero-order valence-electron chi connectivity index (χ0n) is 13.5. The van der Waals surface area contributed by atoms with Crippen LogP contribution < -0.4 is 9.47 Å². The predicted molar refractivity (Wildman–Crippen MR) is 93.4 cm³/mol. The van der Waals surface area contributed by atoms with Crippen LogP contribution in [-0.4, -0.2) is 17.0 Å². The topological polar surface area (TPSA) is 64.2 Å². The molecule has 0 atom stereocenters. The monoisotopic (exact) mass is 330 g/mol. The molecular weight excluding hydrogens is 316 g/mol. The van der Waals surface area contributed by atoms with Crippen molar-refractivity contribution < 1.29 is 14.3 Å². The van der Waals surface area contributed by atoms with Crippen LogP contribution in [0.3, 0.4) is 0 Å². The SMILES string of the molecule is Cn1cc(C=C2Oc3cc(OCC#N)ccc3C2=O)c2ccccc21. The van der Waals surface area contributed by atoms with Gasteiger partial charge in [-0.05, 0) is 24.3 Å². The molecule has 0 spiro atoms. The number of carbonyl (C=O) groups excluding carboxylic acids is 1. The third-order valence-corrected chi connectivity index (χ3v) is 4.16. The number of allylic oxidation sites excluding steroid dienone is 1. The average Bonchev–Trinajstić information content (AvgIpc) is 3.11. The van der Waals surface area contributed by atoms with E-state index in [9.17, 15) is 4.79 Å². The lowest BCUT2D eigenvalue weighted by Gasteiger charge is -2.02. The minimum Gasteiger partial charge on any atom is -0.479 e. The maximum Gasteiger partial charge on any atom is 0.231 e. The number of hydrogen-bond donors (Lipinski definition) is 0. The summed E-state index contributed by atoms with van der Waals surface area (Å²) < 4.78 is 13.0. The first-order valence-corrected chi connectivity index (χ1v) is 7.79. The van der Waals surface area contributed by atoms with Gasteiger partial charge in [0.1, 0.15) is 17.6 Å². The number of nitrogens with zero attached hydrogens (tertiary/aromatic N) is 2. The average molecular weight is 330 g/mol. The van der Waals surface area contributed by atoms with Crippen LogP contribution >= 0.6 is 0 Å². The summed E-state index contributed by atoms with van der Waals surface area (Å²) in [6, 6.07) is 14.9. The molecule has 3 aromatic rings. The van der Waals surface area contributed by atoms with E-state index >= 15 is 0 Å². The van der Waals surface area contributed by atoms with Gasteiger partial charge < -0.3 is 14.0 Å². The lowest BCUT2D eigenvalue weighted by Crippen LogP contribution is -1.97. The van der Waals surface area contributed by atoms with Gasteiger partial charge in [0.15, 0.2) is 12.4 Å². The van der Waals surface area contributed by atoms with Crippen molar-refractivity contribution in [3.8, 4) is 17.6 Å². The third-order valence-electron chi connectivity index (χ3n) is 4.16. The van der Waals surface area contributed by atoms with Gasteiger partial charge in [-0.25, -0.2) is 0 Å². The molecule has 2 heterocycles. The maximum atomic E-state index is 12.6. The Bertz CT molecular complexity index is 1070. The molecule has 122 valence electrons. The molecule has 0 amide bonds. The number of Topliss-reactive ketones (excluding diaryl/α,β-unsaturated/α-hetero) is 1. The summed E-state index contributed by atoms with van der Waals surface area (Å²) >= 11 is 0. The molecule has 1 aliphatic rings. The summed E-state index contributed by atoms with van der Waals surface area (Å²) in [7, 11) is 1.97. The summed E-state index contributed by atoms with van der Waals surface area (Å²) in [6.07, 6.45) is 3.74. The number of rotatable bonds is 3. The summed E-state index contributed by atoms with van der Waals surface area (Å²) in [6.45, 7) is -0.0502. The molecule has 0 unspecified atom stereocenters. The quantitative estimate of drug-likeness (QED) is 0.687. The zero-order chi connectivity index (χ0) is 17.4. The van der Waals surface area contributed by atoms with Crippen molar-refractivity contribution in [3.05, 3.63) is 65.5 Å². The van der Waals surface area contributed by atoms with Crippen LogP contribution in [0.15, 0.2) is 54.4 Å². The molecule has 0 N–H and O–H groups in total. The minimum atomic E-state index is -0.158. The molecule has 0 saturated heterocycles. The highest BCUT2D eigenvalue weighted by Crippen LogP contribution is 2.35. The molecule has 0 bridgehead atoms. The molecule has 1 aromatic heterocycles. The second-order valence-corrected chi connectivity index (χ2v) is 5.76. The first kappa shape index (κ1) is 15.0. The van der Waals surface area contributed by atoms with E-state index < -0.39 is 0 Å². The van der Waals surface area contributed by atoms with E-state index in [1.165, 1.54) is 0 Å². The second-order valence-electron chi connectivity index (χ2n) is 5.76. The number of hydrogen-bond acceptors (Lipinski definition) is 4. The maximum absolute atomic E-state index is 12.6. The highest BCUT2D eigenvalue weighted by Gasteiger charge is 2.28. The van der Waals surface area contributed by atoms with E-state index in [-0.39, 0.29) is 18.1 Å². The molecule has 5 heteroatoms. The van der Waals surface area contributed by atoms with Crippen LogP contribution in [0.1, 0.15) is 15.9 Å². The molecule has 0 aliphatic carbocycles. The summed E-state index contributed by atoms with van der Waals surface area (Å²) in [5, 5.41) is 9.64. The smallest absolute Gasteiger partial charge is 0.231 e. The number of aryl methyl sites for hydroxylation is 1. The van der Waals surface area contributed by atoms with Crippen molar-refractivity contribution in [3.63, 3.8) is 0 Å². The fourth-order valence-electron chi connectivity index (χ4n) is 3.00. The van der Waals surface area contributed by atoms with E-state index in [1.54, 1.807) is 24.3 Å². The van der Waals surface area contributed by atoms with Gasteiger partial charge in [-0.1, -0.05) is 18.2 Å². The summed E-state index contributed by atoms with van der Waals surface area (Å²) in [4.78, 5) is 12.6. The Kier molecular flexibility index (Phi) is 3.51. The lowest BCUT2D eigenvalue weighted by atomic mass is 10.1. The lowest BCUT2D eigenvalue weighted by molar-refractivity contribution is 0.101. The first-order valence-electron chi connectivity index (χ1n) is 7.79. The molecule has 1 aliphatic heterocycles. The first-order chi connectivity index (χ1) is 12.2. The fourth-order valence-corrected chi connectivity index (χ4v) is 3.00. The Morgan fingerprint density at radius 3 is 2.96 bits per heavy atom. The number of aromatic nitrogens is 1. The number of carbonyl (C=O) groups is 1. The predicted octanol–water partition coefficient (Wildman–Crippen LogP) is 3.70. The highest BCUT2D eigenvalue weighted by molar-refractivity contribution is 6.15. The number of nitriles is 1. The minimum absolute atomic E-state index is 0.0502.